The number of nitrogens with zero attached hydrogens (tertiary/aromatic N) is 2. The molecular formula is C24H33N3O6S. The van der Waals surface area contributed by atoms with Gasteiger partial charge in [0.05, 0.1) is 19.6 Å². The van der Waals surface area contributed by atoms with Crippen molar-refractivity contribution in [3.63, 3.8) is 0 Å². The van der Waals surface area contributed by atoms with Gasteiger partial charge in [0, 0.05) is 43.6 Å². The van der Waals surface area contributed by atoms with Crippen LogP contribution in [-0.2, 0) is 33.1 Å². The third kappa shape index (κ3) is 4.97. The predicted molar refractivity (Wildman–Crippen MR) is 127 cm³/mol. The zero-order valence-electron chi connectivity index (χ0n) is 20.4. The molecule has 1 aromatic heterocycles. The molecule has 1 amide bonds. The fourth-order valence-electron chi connectivity index (χ4n) is 4.36. The van der Waals surface area contributed by atoms with E-state index in [2.05, 4.69) is 5.32 Å². The molecule has 2 heterocycles. The van der Waals surface area contributed by atoms with Crippen LogP contribution in [0.3, 0.4) is 0 Å². The summed E-state index contributed by atoms with van der Waals surface area (Å²) in [6.45, 7) is 5.81. The molecule has 3 rings (SSSR count). The Morgan fingerprint density at radius 3 is 2.56 bits per heavy atom. The molecule has 1 aliphatic rings. The minimum Gasteiger partial charge on any atom is -0.496 e. The number of esters is 1. The van der Waals surface area contributed by atoms with Crippen molar-refractivity contribution in [3.8, 4) is 5.75 Å². The lowest BCUT2D eigenvalue weighted by Crippen LogP contribution is -2.45. The average Bonchev–Trinajstić information content (AvgIpc) is 3.07. The van der Waals surface area contributed by atoms with Crippen molar-refractivity contribution in [2.24, 2.45) is 13.0 Å². The van der Waals surface area contributed by atoms with E-state index in [1.165, 1.54) is 4.31 Å². The van der Waals surface area contributed by atoms with Crippen molar-refractivity contribution in [1.82, 2.24) is 14.2 Å². The highest BCUT2D eigenvalue weighted by atomic mass is 32.2. The molecule has 1 N–H and O–H groups in total. The van der Waals surface area contributed by atoms with Gasteiger partial charge in [0.1, 0.15) is 16.2 Å². The van der Waals surface area contributed by atoms with Crippen LogP contribution in [-0.4, -0.2) is 56.0 Å². The van der Waals surface area contributed by atoms with Crippen molar-refractivity contribution in [3.05, 3.63) is 46.8 Å². The van der Waals surface area contributed by atoms with E-state index in [0.29, 0.717) is 30.0 Å². The Kier molecular flexibility index (Phi) is 8.04. The van der Waals surface area contributed by atoms with E-state index < -0.39 is 21.9 Å². The predicted octanol–water partition coefficient (Wildman–Crippen LogP) is 2.54. The molecule has 0 bridgehead atoms. The number of sulfonamides is 1. The van der Waals surface area contributed by atoms with Gasteiger partial charge in [-0.15, -0.1) is 0 Å². The highest BCUT2D eigenvalue weighted by molar-refractivity contribution is 7.89. The largest absolute Gasteiger partial charge is 0.496 e. The first-order valence-corrected chi connectivity index (χ1v) is 12.8. The van der Waals surface area contributed by atoms with Gasteiger partial charge >= 0.3 is 5.97 Å². The van der Waals surface area contributed by atoms with Crippen molar-refractivity contribution in [2.75, 3.05) is 26.8 Å². The van der Waals surface area contributed by atoms with Crippen molar-refractivity contribution >= 4 is 21.9 Å². The van der Waals surface area contributed by atoms with Gasteiger partial charge in [-0.1, -0.05) is 18.2 Å². The maximum atomic E-state index is 13.7. The standard InChI is InChI=1S/C24H33N3O6S/c1-6-33-24(29)21-16(2)26(4)17(3)22(21)34(30,31)27-13-9-11-19(15-27)23(28)25-14-18-10-7-8-12-20(18)32-5/h7-8,10,12,19H,6,9,11,13-15H2,1-5H3,(H,25,28)/t19-/m1/s1. The van der Waals surface area contributed by atoms with Gasteiger partial charge in [-0.25, -0.2) is 13.2 Å². The lowest BCUT2D eigenvalue weighted by atomic mass is 9.98. The number of hydrogen-bond acceptors (Lipinski definition) is 6. The van der Waals surface area contributed by atoms with Crippen LogP contribution in [0.15, 0.2) is 29.2 Å². The highest BCUT2D eigenvalue weighted by Crippen LogP contribution is 2.32. The fraction of sp³-hybridized carbons (Fsp3) is 0.500. The van der Waals surface area contributed by atoms with E-state index >= 15 is 0 Å². The Morgan fingerprint density at radius 2 is 1.88 bits per heavy atom. The van der Waals surface area contributed by atoms with Gasteiger partial charge in [-0.2, -0.15) is 4.31 Å². The summed E-state index contributed by atoms with van der Waals surface area (Å²) in [6, 6.07) is 7.41. The second-order valence-corrected chi connectivity index (χ2v) is 10.3. The third-order valence-corrected chi connectivity index (χ3v) is 8.43. The molecule has 10 heteroatoms. The molecule has 1 saturated heterocycles. The topological polar surface area (TPSA) is 107 Å². The van der Waals surface area contributed by atoms with Gasteiger partial charge in [0.25, 0.3) is 0 Å². The van der Waals surface area contributed by atoms with E-state index in [1.807, 2.05) is 24.3 Å². The van der Waals surface area contributed by atoms with E-state index in [0.717, 1.165) is 5.56 Å². The molecule has 1 aliphatic heterocycles. The van der Waals surface area contributed by atoms with E-state index in [1.54, 1.807) is 39.5 Å². The summed E-state index contributed by atoms with van der Waals surface area (Å²) in [6.07, 6.45) is 1.13. The van der Waals surface area contributed by atoms with Crippen LogP contribution in [0, 0.1) is 19.8 Å². The first-order valence-electron chi connectivity index (χ1n) is 11.4. The number of hydrogen-bond donors (Lipinski definition) is 1. The number of carbonyl (C=O) groups excluding carboxylic acids is 2. The zero-order valence-corrected chi connectivity index (χ0v) is 21.2. The quantitative estimate of drug-likeness (QED) is 0.569. The first kappa shape index (κ1) is 25.8. The summed E-state index contributed by atoms with van der Waals surface area (Å²) in [4.78, 5) is 25.5. The normalized spacial score (nSPS) is 16.8. The Balaban J connectivity index is 1.81. The summed E-state index contributed by atoms with van der Waals surface area (Å²) in [7, 11) is -0.730. The number of benzene rings is 1. The average molecular weight is 492 g/mol. The number of aromatic nitrogens is 1. The summed E-state index contributed by atoms with van der Waals surface area (Å²) in [5.74, 6) is -0.686. The molecule has 0 unspecified atom stereocenters. The Labute approximate surface area is 201 Å². The maximum absolute atomic E-state index is 13.7. The van der Waals surface area contributed by atoms with Gasteiger partial charge in [-0.05, 0) is 39.7 Å². The molecule has 0 radical (unpaired) electrons. The van der Waals surface area contributed by atoms with Crippen LogP contribution >= 0.6 is 0 Å². The second-order valence-electron chi connectivity index (χ2n) is 8.39. The molecule has 34 heavy (non-hydrogen) atoms. The third-order valence-electron chi connectivity index (χ3n) is 6.40. The van der Waals surface area contributed by atoms with Crippen LogP contribution in [0.2, 0.25) is 0 Å². The number of ether oxygens (including phenoxy) is 2. The van der Waals surface area contributed by atoms with Gasteiger partial charge < -0.3 is 19.4 Å². The van der Waals surface area contributed by atoms with Crippen LogP contribution in [0.1, 0.15) is 47.1 Å². The minimum absolute atomic E-state index is 0.0407. The van der Waals surface area contributed by atoms with Crippen LogP contribution in [0.4, 0.5) is 0 Å². The fourth-order valence-corrected chi connectivity index (χ4v) is 6.36. The van der Waals surface area contributed by atoms with E-state index in [-0.39, 0.29) is 42.6 Å². The summed E-state index contributed by atoms with van der Waals surface area (Å²) in [5.41, 5.74) is 1.89. The number of amides is 1. The Bertz CT molecular complexity index is 1170. The van der Waals surface area contributed by atoms with Crippen LogP contribution in [0.25, 0.3) is 0 Å². The summed E-state index contributed by atoms with van der Waals surface area (Å²) >= 11 is 0. The number of nitrogens with one attached hydrogen (secondary N) is 1. The van der Waals surface area contributed by atoms with Crippen molar-refractivity contribution < 1.29 is 27.5 Å². The van der Waals surface area contributed by atoms with E-state index in [4.69, 9.17) is 9.47 Å². The van der Waals surface area contributed by atoms with E-state index in [9.17, 15) is 18.0 Å². The number of carbonyl (C=O) groups is 2. The van der Waals surface area contributed by atoms with Crippen molar-refractivity contribution in [1.29, 1.82) is 0 Å². The molecule has 2 aromatic rings. The Morgan fingerprint density at radius 1 is 1.18 bits per heavy atom. The van der Waals surface area contributed by atoms with Gasteiger partial charge in [0.15, 0.2) is 0 Å². The number of para-hydroxylation sites is 1. The summed E-state index contributed by atoms with van der Waals surface area (Å²) in [5, 5.41) is 2.91. The van der Waals surface area contributed by atoms with Crippen LogP contribution in [0.5, 0.6) is 5.75 Å². The maximum Gasteiger partial charge on any atom is 0.341 e. The van der Waals surface area contributed by atoms with Gasteiger partial charge in [0.2, 0.25) is 15.9 Å². The molecular weight excluding hydrogens is 458 g/mol. The molecule has 1 fully saturated rings. The molecule has 0 aliphatic carbocycles. The molecule has 9 nitrogen and oxygen atoms in total. The zero-order chi connectivity index (χ0) is 25.0. The molecule has 1 atom stereocenters. The van der Waals surface area contributed by atoms with Gasteiger partial charge in [-0.3, -0.25) is 4.79 Å². The van der Waals surface area contributed by atoms with Crippen molar-refractivity contribution in [2.45, 2.75) is 45.1 Å². The lowest BCUT2D eigenvalue weighted by Gasteiger charge is -2.31. The number of piperidine rings is 1. The first-order chi connectivity index (χ1) is 16.1. The SMILES string of the molecule is CCOC(=O)c1c(S(=O)(=O)N2CCC[C@@H](C(=O)NCc3ccccc3OC)C2)c(C)n(C)c1C. The van der Waals surface area contributed by atoms with Crippen LogP contribution < -0.4 is 10.1 Å². The Hall–Kier alpha value is -2.85. The monoisotopic (exact) mass is 491 g/mol. The molecule has 1 aromatic carbocycles. The smallest absolute Gasteiger partial charge is 0.341 e. The number of rotatable bonds is 8. The highest BCUT2D eigenvalue weighted by Gasteiger charge is 2.39. The molecule has 0 saturated carbocycles. The second kappa shape index (κ2) is 10.6. The molecule has 0 spiro atoms. The number of methoxy groups -OCH3 is 1. The summed E-state index contributed by atoms with van der Waals surface area (Å²) < 4.78 is 40.8. The lowest BCUT2D eigenvalue weighted by molar-refractivity contribution is -0.126. The molecule has 186 valence electrons. The minimum atomic E-state index is -4.02.